The molecule has 116 valence electrons. The Balaban J connectivity index is 3.30. The van der Waals surface area contributed by atoms with Crippen LogP contribution in [0.4, 0.5) is 18.9 Å². The average Bonchev–Trinajstić information content (AvgIpc) is 2.33. The molecular weight excluding hydrogens is 313 g/mol. The summed E-state index contributed by atoms with van der Waals surface area (Å²) in [5.41, 5.74) is -1.96. The molecule has 1 aromatic rings. The molecule has 0 aromatic carbocycles. The number of thioether (sulfide) groups is 1. The first-order chi connectivity index (χ1) is 9.54. The van der Waals surface area contributed by atoms with E-state index in [1.807, 2.05) is 0 Å². The van der Waals surface area contributed by atoms with Crippen LogP contribution < -0.4 is 0 Å². The van der Waals surface area contributed by atoms with Crippen LogP contribution in [0, 0.1) is 16.0 Å². The van der Waals surface area contributed by atoms with Gasteiger partial charge in [-0.25, -0.2) is 4.98 Å². The maximum atomic E-state index is 12.6. The molecule has 1 atom stereocenters. The van der Waals surface area contributed by atoms with Crippen LogP contribution in [0.25, 0.3) is 0 Å². The molecule has 1 rings (SSSR count). The Morgan fingerprint density at radius 1 is 1.48 bits per heavy atom. The van der Waals surface area contributed by atoms with Gasteiger partial charge < -0.3 is 5.11 Å². The molecule has 0 saturated carbocycles. The molecule has 0 radical (unpaired) electrons. The zero-order valence-corrected chi connectivity index (χ0v) is 11.7. The van der Waals surface area contributed by atoms with Gasteiger partial charge in [0.1, 0.15) is 17.1 Å². The lowest BCUT2D eigenvalue weighted by Crippen LogP contribution is -2.22. The number of carboxylic acids is 1. The molecule has 21 heavy (non-hydrogen) atoms. The molecule has 0 amide bonds. The molecule has 0 saturated heterocycles. The minimum atomic E-state index is -4.76. The Morgan fingerprint density at radius 3 is 2.43 bits per heavy atom. The van der Waals surface area contributed by atoms with Gasteiger partial charge >= 0.3 is 17.8 Å². The van der Waals surface area contributed by atoms with Crippen molar-refractivity contribution in [2.24, 2.45) is 5.92 Å². The van der Waals surface area contributed by atoms with E-state index in [9.17, 15) is 28.1 Å². The molecular formula is C11H11F3N2O4S. The van der Waals surface area contributed by atoms with E-state index in [4.69, 9.17) is 5.11 Å². The lowest BCUT2D eigenvalue weighted by Gasteiger charge is -2.16. The number of carbonyl (C=O) groups is 1. The monoisotopic (exact) mass is 324 g/mol. The second-order valence-electron chi connectivity index (χ2n) is 4.41. The van der Waals surface area contributed by atoms with Gasteiger partial charge in [-0.3, -0.25) is 14.9 Å². The van der Waals surface area contributed by atoms with Gasteiger partial charge in [0, 0.05) is 0 Å². The van der Waals surface area contributed by atoms with Gasteiger partial charge in [-0.15, -0.1) is 11.8 Å². The second kappa shape index (κ2) is 6.29. The number of alkyl halides is 3. The Morgan fingerprint density at radius 2 is 2.05 bits per heavy atom. The number of aliphatic carboxylic acids is 1. The fraction of sp³-hybridized carbons (Fsp3) is 0.455. The number of carboxylic acid groups (broad SMARTS) is 1. The number of nitro groups is 1. The van der Waals surface area contributed by atoms with Crippen molar-refractivity contribution >= 4 is 23.4 Å². The summed E-state index contributed by atoms with van der Waals surface area (Å²) in [6.45, 7) is 3.12. The predicted molar refractivity (Wildman–Crippen MR) is 68.0 cm³/mol. The maximum Gasteiger partial charge on any atom is 0.433 e. The third kappa shape index (κ3) is 4.31. The minimum absolute atomic E-state index is 0.372. The summed E-state index contributed by atoms with van der Waals surface area (Å²) in [4.78, 5) is 23.6. The molecule has 0 fully saturated rings. The lowest BCUT2D eigenvalue weighted by molar-refractivity contribution is -0.388. The smallest absolute Gasteiger partial charge is 0.433 e. The summed E-state index contributed by atoms with van der Waals surface area (Å²) in [6, 6.07) is 0.501. The number of hydrogen-bond donors (Lipinski definition) is 1. The first kappa shape index (κ1) is 17.2. The third-order valence-electron chi connectivity index (χ3n) is 2.44. The number of pyridine rings is 1. The Kier molecular flexibility index (Phi) is 5.15. The normalized spacial score (nSPS) is 13.2. The van der Waals surface area contributed by atoms with Crippen molar-refractivity contribution in [3.05, 3.63) is 28.1 Å². The molecule has 6 nitrogen and oxygen atoms in total. The molecule has 1 heterocycles. The minimum Gasteiger partial charge on any atom is -0.480 e. The van der Waals surface area contributed by atoms with Crippen molar-refractivity contribution in [1.29, 1.82) is 0 Å². The molecule has 0 bridgehead atoms. The topological polar surface area (TPSA) is 93.3 Å². The van der Waals surface area contributed by atoms with Crippen molar-refractivity contribution in [2.45, 2.75) is 30.2 Å². The van der Waals surface area contributed by atoms with Gasteiger partial charge in [-0.05, 0) is 12.0 Å². The molecule has 1 unspecified atom stereocenters. The van der Waals surface area contributed by atoms with Crippen LogP contribution in [0.1, 0.15) is 19.5 Å². The van der Waals surface area contributed by atoms with Crippen molar-refractivity contribution < 1.29 is 28.0 Å². The van der Waals surface area contributed by atoms with Gasteiger partial charge in [0.05, 0.1) is 9.82 Å². The number of halogens is 3. The van der Waals surface area contributed by atoms with Gasteiger partial charge in [-0.2, -0.15) is 13.2 Å². The van der Waals surface area contributed by atoms with E-state index in [0.29, 0.717) is 24.0 Å². The zero-order valence-electron chi connectivity index (χ0n) is 10.9. The van der Waals surface area contributed by atoms with Gasteiger partial charge in [0.15, 0.2) is 0 Å². The van der Waals surface area contributed by atoms with Crippen LogP contribution in [0.3, 0.4) is 0 Å². The summed E-state index contributed by atoms with van der Waals surface area (Å²) >= 11 is 0.509. The quantitative estimate of drug-likeness (QED) is 0.508. The highest BCUT2D eigenvalue weighted by Crippen LogP contribution is 2.38. The number of hydrogen-bond acceptors (Lipinski definition) is 5. The molecule has 0 spiro atoms. The van der Waals surface area contributed by atoms with Crippen LogP contribution in [-0.4, -0.2) is 26.2 Å². The first-order valence-electron chi connectivity index (χ1n) is 5.65. The van der Waals surface area contributed by atoms with Crippen molar-refractivity contribution in [3.63, 3.8) is 0 Å². The third-order valence-corrected chi connectivity index (χ3v) is 4.02. The maximum absolute atomic E-state index is 12.6. The Labute approximate surface area is 121 Å². The summed E-state index contributed by atoms with van der Waals surface area (Å²) in [5.74, 6) is -1.68. The van der Waals surface area contributed by atoms with E-state index in [-0.39, 0.29) is 4.90 Å². The number of nitrogens with zero attached hydrogens (tertiary/aromatic N) is 2. The van der Waals surface area contributed by atoms with Gasteiger partial charge in [0.25, 0.3) is 0 Å². The Hall–Kier alpha value is -1.84. The highest BCUT2D eigenvalue weighted by Gasteiger charge is 2.35. The summed E-state index contributed by atoms with van der Waals surface area (Å²) < 4.78 is 37.8. The van der Waals surface area contributed by atoms with Crippen LogP contribution in [-0.2, 0) is 11.0 Å². The molecule has 1 N–H and O–H groups in total. The van der Waals surface area contributed by atoms with E-state index in [1.54, 1.807) is 13.8 Å². The number of rotatable bonds is 5. The molecule has 10 heteroatoms. The fourth-order valence-corrected chi connectivity index (χ4v) is 2.50. The molecule has 0 aliphatic carbocycles. The van der Waals surface area contributed by atoms with E-state index >= 15 is 0 Å². The van der Waals surface area contributed by atoms with Crippen LogP contribution >= 0.6 is 11.8 Å². The largest absolute Gasteiger partial charge is 0.480 e. The molecule has 0 aliphatic rings. The summed E-state index contributed by atoms with van der Waals surface area (Å²) in [7, 11) is 0. The van der Waals surface area contributed by atoms with E-state index in [2.05, 4.69) is 4.98 Å². The first-order valence-corrected chi connectivity index (χ1v) is 6.53. The fourth-order valence-electron chi connectivity index (χ4n) is 1.42. The molecule has 0 aliphatic heterocycles. The van der Waals surface area contributed by atoms with Gasteiger partial charge in [0.2, 0.25) is 0 Å². The van der Waals surface area contributed by atoms with Crippen LogP contribution in [0.5, 0.6) is 0 Å². The Bertz CT molecular complexity index is 563. The number of aromatic nitrogens is 1. The van der Waals surface area contributed by atoms with Crippen LogP contribution in [0.2, 0.25) is 0 Å². The van der Waals surface area contributed by atoms with E-state index in [0.717, 1.165) is 0 Å². The molecule has 1 aromatic heterocycles. The van der Waals surface area contributed by atoms with E-state index in [1.165, 1.54) is 0 Å². The lowest BCUT2D eigenvalue weighted by atomic mass is 10.1. The van der Waals surface area contributed by atoms with Crippen LogP contribution in [0.15, 0.2) is 17.2 Å². The second-order valence-corrected chi connectivity index (χ2v) is 5.60. The summed E-state index contributed by atoms with van der Waals surface area (Å²) in [5, 5.41) is 18.8. The van der Waals surface area contributed by atoms with Gasteiger partial charge in [-0.1, -0.05) is 13.8 Å². The zero-order chi connectivity index (χ0) is 16.4. The average molecular weight is 324 g/mol. The highest BCUT2D eigenvalue weighted by molar-refractivity contribution is 8.00. The van der Waals surface area contributed by atoms with Crippen molar-refractivity contribution in [3.8, 4) is 0 Å². The summed E-state index contributed by atoms with van der Waals surface area (Å²) in [6.07, 6.45) is -4.27. The predicted octanol–water partition coefficient (Wildman–Crippen LogP) is 3.21. The highest BCUT2D eigenvalue weighted by atomic mass is 32.2. The van der Waals surface area contributed by atoms with E-state index < -0.39 is 39.6 Å². The van der Waals surface area contributed by atoms with Crippen molar-refractivity contribution in [2.75, 3.05) is 0 Å². The standard InChI is InChI=1S/C11H11F3N2O4S/c1-5(2)9(10(17)18)21-7-3-8(11(12,13)14)15-4-6(7)16(19)20/h3-5,9H,1-2H3,(H,17,18). The SMILES string of the molecule is CC(C)C(Sc1cc(C(F)(F)F)ncc1[N+](=O)[O-])C(=O)O. The van der Waals surface area contributed by atoms with Crippen molar-refractivity contribution in [1.82, 2.24) is 4.98 Å².